The van der Waals surface area contributed by atoms with Gasteiger partial charge in [0.2, 0.25) is 4.77 Å². The third-order valence-electron chi connectivity index (χ3n) is 4.87. The third-order valence-corrected chi connectivity index (χ3v) is 6.13. The fourth-order valence-corrected chi connectivity index (χ4v) is 4.58. The number of methoxy groups -OCH3 is 1. The minimum Gasteiger partial charge on any atom is -0.495 e. The monoisotopic (exact) mass is 403 g/mol. The van der Waals surface area contributed by atoms with Gasteiger partial charge in [-0.2, -0.15) is 4.68 Å². The number of aliphatic hydroxyl groups excluding tert-OH is 1. The molecule has 1 fully saturated rings. The maximum atomic E-state index is 9.99. The highest BCUT2D eigenvalue weighted by Crippen LogP contribution is 2.30. The molecule has 142 valence electrons. The minimum atomic E-state index is -0.240. The second-order valence-electron chi connectivity index (χ2n) is 6.75. The summed E-state index contributed by atoms with van der Waals surface area (Å²) in [6.07, 6.45) is 1.66. The molecule has 1 aliphatic heterocycles. The Hall–Kier alpha value is -2.00. The van der Waals surface area contributed by atoms with E-state index in [0.717, 1.165) is 48.1 Å². The lowest BCUT2D eigenvalue weighted by Crippen LogP contribution is -3.13. The number of thiophene rings is 1. The molecule has 0 amide bonds. The van der Waals surface area contributed by atoms with Crippen LogP contribution in [0.15, 0.2) is 41.8 Å². The molecule has 1 saturated heterocycles. The number of nitrogens with zero attached hydrogens (tertiary/aromatic N) is 3. The summed E-state index contributed by atoms with van der Waals surface area (Å²) in [6, 6.07) is 11.9. The van der Waals surface area contributed by atoms with Gasteiger partial charge in [-0.25, -0.2) is 0 Å². The van der Waals surface area contributed by atoms with E-state index in [1.165, 1.54) is 4.90 Å². The van der Waals surface area contributed by atoms with E-state index in [1.54, 1.807) is 18.4 Å². The zero-order chi connectivity index (χ0) is 18.8. The van der Waals surface area contributed by atoms with Gasteiger partial charge in [0.05, 0.1) is 24.2 Å². The van der Waals surface area contributed by atoms with E-state index >= 15 is 0 Å². The summed E-state index contributed by atoms with van der Waals surface area (Å²) >= 11 is 7.45. The van der Waals surface area contributed by atoms with Crippen LogP contribution in [0.4, 0.5) is 0 Å². The Labute approximate surface area is 167 Å². The first kappa shape index (κ1) is 18.4. The van der Waals surface area contributed by atoms with Gasteiger partial charge >= 0.3 is 0 Å². The van der Waals surface area contributed by atoms with Crippen LogP contribution < -0.4 is 9.64 Å². The zero-order valence-electron chi connectivity index (χ0n) is 15.2. The van der Waals surface area contributed by atoms with Crippen molar-refractivity contribution in [3.63, 3.8) is 0 Å². The lowest BCUT2D eigenvalue weighted by Gasteiger charge is -2.26. The summed E-state index contributed by atoms with van der Waals surface area (Å²) in [5.41, 5.74) is 0.883. The van der Waals surface area contributed by atoms with E-state index in [9.17, 15) is 5.11 Å². The number of nitrogens with one attached hydrogen (secondary N) is 1. The fraction of sp³-hybridized carbons (Fsp3) is 0.368. The van der Waals surface area contributed by atoms with Crippen molar-refractivity contribution in [3.05, 3.63) is 46.5 Å². The average Bonchev–Trinajstić information content (AvgIpc) is 3.31. The Morgan fingerprint density at radius 3 is 2.93 bits per heavy atom. The number of likely N-dealkylation sites (tertiary alicyclic amines) is 1. The van der Waals surface area contributed by atoms with Crippen LogP contribution in [0, 0.1) is 4.77 Å². The molecule has 1 aliphatic rings. The summed E-state index contributed by atoms with van der Waals surface area (Å²) in [5.74, 6) is 1.57. The lowest BCUT2D eigenvalue weighted by atomic mass is 10.1. The van der Waals surface area contributed by atoms with Gasteiger partial charge in [0.1, 0.15) is 18.4 Å². The largest absolute Gasteiger partial charge is 0.495 e. The van der Waals surface area contributed by atoms with E-state index < -0.39 is 0 Å². The van der Waals surface area contributed by atoms with Gasteiger partial charge in [-0.1, -0.05) is 18.2 Å². The highest BCUT2D eigenvalue weighted by Gasteiger charge is 2.24. The molecule has 4 rings (SSSR count). The summed E-state index contributed by atoms with van der Waals surface area (Å²) in [6.45, 7) is 2.41. The van der Waals surface area contributed by atoms with Gasteiger partial charge < -0.3 is 14.7 Å². The average molecular weight is 404 g/mol. The van der Waals surface area contributed by atoms with Gasteiger partial charge in [0.15, 0.2) is 12.5 Å². The Balaban J connectivity index is 1.80. The van der Waals surface area contributed by atoms with Gasteiger partial charge in [0, 0.05) is 0 Å². The van der Waals surface area contributed by atoms with Crippen LogP contribution in [0.1, 0.15) is 12.8 Å². The fourth-order valence-electron chi connectivity index (χ4n) is 3.59. The molecule has 3 aromatic rings. The summed E-state index contributed by atoms with van der Waals surface area (Å²) in [4.78, 5) is 2.35. The molecule has 0 aliphatic carbocycles. The quantitative estimate of drug-likeness (QED) is 0.641. The number of rotatable bonds is 5. The standard InChI is InChI=1S/C19H22N4O2S2/c1-25-16-8-3-2-7-15(16)23-18(17-9-5-11-27-17)20-22(19(23)26)13-21-10-4-6-14(24)12-21/h2-3,5,7-9,11,14,24H,4,6,10,12-13H2,1H3/p+1/t14-/m1/s1. The van der Waals surface area contributed by atoms with Gasteiger partial charge in [-0.05, 0) is 48.6 Å². The van der Waals surface area contributed by atoms with Crippen LogP contribution in [-0.4, -0.2) is 45.8 Å². The van der Waals surface area contributed by atoms with Crippen molar-refractivity contribution in [2.45, 2.75) is 25.6 Å². The van der Waals surface area contributed by atoms with Crippen LogP contribution in [0.3, 0.4) is 0 Å². The van der Waals surface area contributed by atoms with Crippen LogP contribution in [-0.2, 0) is 6.67 Å². The number of aliphatic hydroxyl groups is 1. The minimum absolute atomic E-state index is 0.240. The number of hydrogen-bond donors (Lipinski definition) is 2. The molecule has 1 unspecified atom stereocenters. The second-order valence-corrected chi connectivity index (χ2v) is 8.06. The number of para-hydroxylation sites is 2. The number of aromatic nitrogens is 3. The molecule has 27 heavy (non-hydrogen) atoms. The van der Waals surface area contributed by atoms with E-state index in [2.05, 4.69) is 6.07 Å². The third kappa shape index (κ3) is 3.70. The molecular formula is C19H23N4O2S2+. The van der Waals surface area contributed by atoms with E-state index in [-0.39, 0.29) is 6.10 Å². The predicted octanol–water partition coefficient (Wildman–Crippen LogP) is 2.14. The maximum absolute atomic E-state index is 9.99. The van der Waals surface area contributed by atoms with Crippen molar-refractivity contribution in [2.24, 2.45) is 0 Å². The summed E-state index contributed by atoms with van der Waals surface area (Å²) in [5, 5.41) is 16.9. The molecule has 0 spiro atoms. The Bertz CT molecular complexity index is 965. The molecule has 1 aromatic carbocycles. The molecule has 0 bridgehead atoms. The maximum Gasteiger partial charge on any atom is 0.207 e. The van der Waals surface area contributed by atoms with Crippen molar-refractivity contribution in [3.8, 4) is 22.1 Å². The molecule has 0 radical (unpaired) electrons. The summed E-state index contributed by atoms with van der Waals surface area (Å²) in [7, 11) is 1.66. The summed E-state index contributed by atoms with van der Waals surface area (Å²) < 4.78 is 10.1. The molecule has 0 saturated carbocycles. The Morgan fingerprint density at radius 2 is 2.19 bits per heavy atom. The molecule has 8 heteroatoms. The van der Waals surface area contributed by atoms with Gasteiger partial charge in [0.25, 0.3) is 0 Å². The second kappa shape index (κ2) is 7.93. The topological polar surface area (TPSA) is 56.7 Å². The predicted molar refractivity (Wildman–Crippen MR) is 108 cm³/mol. The Morgan fingerprint density at radius 1 is 1.33 bits per heavy atom. The van der Waals surface area contributed by atoms with Gasteiger partial charge in [-0.15, -0.1) is 16.4 Å². The van der Waals surface area contributed by atoms with Crippen molar-refractivity contribution < 1.29 is 14.7 Å². The zero-order valence-corrected chi connectivity index (χ0v) is 16.8. The number of benzene rings is 1. The van der Waals surface area contributed by atoms with Crippen molar-refractivity contribution >= 4 is 23.6 Å². The molecule has 6 nitrogen and oxygen atoms in total. The van der Waals surface area contributed by atoms with E-state index in [1.807, 2.05) is 45.0 Å². The first-order valence-electron chi connectivity index (χ1n) is 9.06. The van der Waals surface area contributed by atoms with Crippen molar-refractivity contribution in [1.29, 1.82) is 0 Å². The Kier molecular flexibility index (Phi) is 5.40. The van der Waals surface area contributed by atoms with Crippen LogP contribution in [0.2, 0.25) is 0 Å². The number of piperidine rings is 1. The molecule has 2 N–H and O–H groups in total. The first-order chi connectivity index (χ1) is 13.2. The van der Waals surface area contributed by atoms with Crippen LogP contribution in [0.25, 0.3) is 16.4 Å². The van der Waals surface area contributed by atoms with Crippen LogP contribution >= 0.6 is 23.6 Å². The smallest absolute Gasteiger partial charge is 0.207 e. The van der Waals surface area contributed by atoms with Crippen molar-refractivity contribution in [1.82, 2.24) is 14.3 Å². The number of quaternary nitrogens is 1. The molecule has 2 aromatic heterocycles. The van der Waals surface area contributed by atoms with Crippen LogP contribution in [0.5, 0.6) is 5.75 Å². The normalized spacial score (nSPS) is 19.9. The highest BCUT2D eigenvalue weighted by molar-refractivity contribution is 7.71. The number of ether oxygens (including phenoxy) is 1. The van der Waals surface area contributed by atoms with Gasteiger partial charge in [-0.3, -0.25) is 4.57 Å². The van der Waals surface area contributed by atoms with E-state index in [4.69, 9.17) is 22.1 Å². The molecule has 3 heterocycles. The highest BCUT2D eigenvalue weighted by atomic mass is 32.1. The first-order valence-corrected chi connectivity index (χ1v) is 10.3. The molecular weight excluding hydrogens is 380 g/mol. The molecule has 2 atom stereocenters. The van der Waals surface area contributed by atoms with Crippen molar-refractivity contribution in [2.75, 3.05) is 20.2 Å². The van der Waals surface area contributed by atoms with E-state index in [0.29, 0.717) is 11.4 Å². The SMILES string of the molecule is COc1ccccc1-n1c(-c2cccs2)nn(C[NH+]2CCC[C@@H](O)C2)c1=S. The number of hydrogen-bond acceptors (Lipinski definition) is 5. The lowest BCUT2D eigenvalue weighted by molar-refractivity contribution is -0.931.